The van der Waals surface area contributed by atoms with Gasteiger partial charge in [0.1, 0.15) is 5.75 Å². The number of amides is 2. The molecule has 0 aliphatic carbocycles. The fourth-order valence-electron chi connectivity index (χ4n) is 3.64. The highest BCUT2D eigenvalue weighted by molar-refractivity contribution is 5.92. The van der Waals surface area contributed by atoms with Crippen LogP contribution in [-0.4, -0.2) is 49.5 Å². The van der Waals surface area contributed by atoms with Crippen molar-refractivity contribution in [3.8, 4) is 5.75 Å². The second-order valence-corrected chi connectivity index (χ2v) is 7.77. The summed E-state index contributed by atoms with van der Waals surface area (Å²) in [5.74, 6) is 0.784. The summed E-state index contributed by atoms with van der Waals surface area (Å²) in [6, 6.07) is 13.7. The second kappa shape index (κ2) is 10.1. The maximum Gasteiger partial charge on any atom is 0.262 e. The lowest BCUT2D eigenvalue weighted by Gasteiger charge is -2.36. The Balaban J connectivity index is 1.47. The molecule has 1 aliphatic heterocycles. The Bertz CT molecular complexity index is 872. The Morgan fingerprint density at radius 2 is 1.70 bits per heavy atom. The van der Waals surface area contributed by atoms with Crippen LogP contribution in [0.15, 0.2) is 42.5 Å². The van der Waals surface area contributed by atoms with Crippen LogP contribution in [0.25, 0.3) is 0 Å². The lowest BCUT2D eigenvalue weighted by atomic mass is 10.1. The van der Waals surface area contributed by atoms with Crippen molar-refractivity contribution in [3.63, 3.8) is 0 Å². The summed E-state index contributed by atoms with van der Waals surface area (Å²) < 4.78 is 5.64. The molecule has 1 aliphatic rings. The molecule has 1 N–H and O–H groups in total. The number of aryl methyl sites for hydroxylation is 2. The Morgan fingerprint density at radius 3 is 2.33 bits per heavy atom. The first-order chi connectivity index (χ1) is 14.5. The fraction of sp³-hybridized carbons (Fsp3) is 0.417. The molecule has 0 radical (unpaired) electrons. The lowest BCUT2D eigenvalue weighted by Crippen LogP contribution is -2.48. The molecule has 30 heavy (non-hydrogen) atoms. The molecule has 6 nitrogen and oxygen atoms in total. The highest BCUT2D eigenvalue weighted by atomic mass is 16.5. The van der Waals surface area contributed by atoms with E-state index in [1.807, 2.05) is 68.1 Å². The summed E-state index contributed by atoms with van der Waals surface area (Å²) in [6.45, 7) is 9.16. The Kier molecular flexibility index (Phi) is 7.33. The smallest absolute Gasteiger partial charge is 0.262 e. The molecule has 2 aromatic carbocycles. The molecule has 1 heterocycles. The Labute approximate surface area is 178 Å². The van der Waals surface area contributed by atoms with Gasteiger partial charge >= 0.3 is 0 Å². The van der Waals surface area contributed by atoms with E-state index in [0.29, 0.717) is 6.42 Å². The van der Waals surface area contributed by atoms with Gasteiger partial charge in [0.15, 0.2) is 6.61 Å². The zero-order valence-electron chi connectivity index (χ0n) is 18.1. The van der Waals surface area contributed by atoms with E-state index in [2.05, 4.69) is 10.2 Å². The molecule has 0 aromatic heterocycles. The summed E-state index contributed by atoms with van der Waals surface area (Å²) >= 11 is 0. The van der Waals surface area contributed by atoms with Crippen LogP contribution < -0.4 is 15.0 Å². The van der Waals surface area contributed by atoms with E-state index < -0.39 is 0 Å². The van der Waals surface area contributed by atoms with Crippen molar-refractivity contribution in [2.24, 2.45) is 0 Å². The maximum atomic E-state index is 12.2. The van der Waals surface area contributed by atoms with Gasteiger partial charge in [-0.05, 0) is 56.2 Å². The van der Waals surface area contributed by atoms with E-state index in [9.17, 15) is 9.59 Å². The number of anilines is 2. The van der Waals surface area contributed by atoms with Crippen molar-refractivity contribution < 1.29 is 14.3 Å². The van der Waals surface area contributed by atoms with Crippen molar-refractivity contribution in [1.82, 2.24) is 4.90 Å². The Morgan fingerprint density at radius 1 is 1.00 bits per heavy atom. The molecule has 1 saturated heterocycles. The average Bonchev–Trinajstić information content (AvgIpc) is 2.74. The predicted molar refractivity (Wildman–Crippen MR) is 120 cm³/mol. The number of ether oxygens (including phenoxy) is 1. The van der Waals surface area contributed by atoms with Gasteiger partial charge in [-0.25, -0.2) is 0 Å². The van der Waals surface area contributed by atoms with E-state index >= 15 is 0 Å². The van der Waals surface area contributed by atoms with Crippen LogP contribution in [-0.2, 0) is 9.59 Å². The number of rotatable bonds is 7. The van der Waals surface area contributed by atoms with Crippen molar-refractivity contribution >= 4 is 23.2 Å². The summed E-state index contributed by atoms with van der Waals surface area (Å²) in [5, 5.41) is 2.87. The van der Waals surface area contributed by atoms with Crippen LogP contribution in [0.1, 0.15) is 30.9 Å². The molecule has 1 fully saturated rings. The molecule has 3 rings (SSSR count). The zero-order valence-corrected chi connectivity index (χ0v) is 18.1. The van der Waals surface area contributed by atoms with E-state index in [1.165, 1.54) is 5.56 Å². The highest BCUT2D eigenvalue weighted by Crippen LogP contribution is 2.21. The number of benzene rings is 2. The second-order valence-electron chi connectivity index (χ2n) is 7.77. The van der Waals surface area contributed by atoms with E-state index in [1.54, 1.807) is 0 Å². The minimum atomic E-state index is -0.189. The van der Waals surface area contributed by atoms with Gasteiger partial charge in [-0.15, -0.1) is 0 Å². The van der Waals surface area contributed by atoms with E-state index in [4.69, 9.17) is 4.74 Å². The molecule has 2 amide bonds. The first-order valence-corrected chi connectivity index (χ1v) is 10.6. The van der Waals surface area contributed by atoms with Crippen LogP contribution in [0.3, 0.4) is 0 Å². The number of nitrogens with one attached hydrogen (secondary N) is 1. The number of carbonyl (C=O) groups is 2. The van der Waals surface area contributed by atoms with Crippen LogP contribution in [0.4, 0.5) is 11.4 Å². The van der Waals surface area contributed by atoms with Crippen LogP contribution >= 0.6 is 0 Å². The average molecular weight is 410 g/mol. The third-order valence-electron chi connectivity index (χ3n) is 5.30. The molecule has 6 heteroatoms. The lowest BCUT2D eigenvalue weighted by molar-refractivity contribution is -0.131. The summed E-state index contributed by atoms with van der Waals surface area (Å²) in [5.41, 5.74) is 4.02. The molecular formula is C24H31N3O3. The van der Waals surface area contributed by atoms with Gasteiger partial charge in [-0.2, -0.15) is 0 Å². The zero-order chi connectivity index (χ0) is 21.5. The molecule has 0 unspecified atom stereocenters. The van der Waals surface area contributed by atoms with Gasteiger partial charge < -0.3 is 19.9 Å². The number of hydrogen-bond acceptors (Lipinski definition) is 4. The maximum absolute atomic E-state index is 12.2. The first kappa shape index (κ1) is 21.7. The molecule has 160 valence electrons. The van der Waals surface area contributed by atoms with Gasteiger partial charge in [0.2, 0.25) is 5.91 Å². The number of hydrogen-bond donors (Lipinski definition) is 1. The van der Waals surface area contributed by atoms with Crippen LogP contribution in [0, 0.1) is 13.8 Å². The monoisotopic (exact) mass is 409 g/mol. The van der Waals surface area contributed by atoms with Crippen LogP contribution in [0.5, 0.6) is 5.75 Å². The SMILES string of the molecule is CCCC(=O)N1CCN(c2ccc(NC(=O)COc3ccc(C)cc3C)cc2)CC1. The van der Waals surface area contributed by atoms with Gasteiger partial charge in [-0.3, -0.25) is 9.59 Å². The first-order valence-electron chi connectivity index (χ1n) is 10.6. The molecule has 0 bridgehead atoms. The molecule has 0 atom stereocenters. The largest absolute Gasteiger partial charge is 0.483 e. The van der Waals surface area contributed by atoms with Gasteiger partial charge in [0, 0.05) is 44.0 Å². The standard InChI is InChI=1S/C24H31N3O3/c1-4-5-24(29)27-14-12-26(13-15-27)21-9-7-20(8-10-21)25-23(28)17-30-22-11-6-18(2)16-19(22)3/h6-11,16H,4-5,12-15,17H2,1-3H3,(H,25,28). The third-order valence-corrected chi connectivity index (χ3v) is 5.30. The van der Waals surface area contributed by atoms with Gasteiger partial charge in [-0.1, -0.05) is 24.6 Å². The number of nitrogens with zero attached hydrogens (tertiary/aromatic N) is 2. The van der Waals surface area contributed by atoms with Crippen molar-refractivity contribution in [2.45, 2.75) is 33.6 Å². The summed E-state index contributed by atoms with van der Waals surface area (Å²) in [6.07, 6.45) is 1.52. The van der Waals surface area contributed by atoms with Gasteiger partial charge in [0.05, 0.1) is 0 Å². The van der Waals surface area contributed by atoms with E-state index in [0.717, 1.165) is 55.3 Å². The highest BCUT2D eigenvalue weighted by Gasteiger charge is 2.20. The predicted octanol–water partition coefficient (Wildman–Crippen LogP) is 3.77. The van der Waals surface area contributed by atoms with Crippen molar-refractivity contribution in [3.05, 3.63) is 53.6 Å². The molecular weight excluding hydrogens is 378 g/mol. The normalized spacial score (nSPS) is 13.8. The Hall–Kier alpha value is -3.02. The van der Waals surface area contributed by atoms with Crippen molar-refractivity contribution in [1.29, 1.82) is 0 Å². The van der Waals surface area contributed by atoms with E-state index in [-0.39, 0.29) is 18.4 Å². The minimum absolute atomic E-state index is 0.0284. The summed E-state index contributed by atoms with van der Waals surface area (Å²) in [4.78, 5) is 28.5. The fourth-order valence-corrected chi connectivity index (χ4v) is 3.64. The molecule has 0 spiro atoms. The minimum Gasteiger partial charge on any atom is -0.483 e. The topological polar surface area (TPSA) is 61.9 Å². The number of piperazine rings is 1. The summed E-state index contributed by atoms with van der Waals surface area (Å²) in [7, 11) is 0. The molecule has 0 saturated carbocycles. The third kappa shape index (κ3) is 5.75. The van der Waals surface area contributed by atoms with Gasteiger partial charge in [0.25, 0.3) is 5.91 Å². The van der Waals surface area contributed by atoms with Crippen molar-refractivity contribution in [2.75, 3.05) is 43.0 Å². The number of carbonyl (C=O) groups excluding carboxylic acids is 2. The van der Waals surface area contributed by atoms with Crippen LogP contribution in [0.2, 0.25) is 0 Å². The quantitative estimate of drug-likeness (QED) is 0.756. The molecule has 2 aromatic rings.